The van der Waals surface area contributed by atoms with Crippen molar-refractivity contribution in [3.63, 3.8) is 0 Å². The van der Waals surface area contributed by atoms with Crippen LogP contribution in [-0.2, 0) is 0 Å². The molecule has 2 rings (SSSR count). The molecule has 1 aromatic heterocycles. The normalized spacial score (nSPS) is 9.93. The van der Waals surface area contributed by atoms with E-state index >= 15 is 0 Å². The van der Waals surface area contributed by atoms with Crippen molar-refractivity contribution >= 4 is 16.6 Å². The number of fused-ring (bicyclic) bond motifs is 1. The lowest BCUT2D eigenvalue weighted by Crippen LogP contribution is -2.12. The molecular formula is C12H11N3. The predicted molar refractivity (Wildman–Crippen MR) is 60.8 cm³/mol. The van der Waals surface area contributed by atoms with Gasteiger partial charge in [-0.25, -0.2) is 4.98 Å². The van der Waals surface area contributed by atoms with E-state index < -0.39 is 0 Å². The average molecular weight is 197 g/mol. The molecular weight excluding hydrogens is 186 g/mol. The number of rotatable bonds is 1. The van der Waals surface area contributed by atoms with Crippen molar-refractivity contribution in [3.8, 4) is 6.07 Å². The minimum atomic E-state index is 0.637. The van der Waals surface area contributed by atoms with Gasteiger partial charge in [-0.1, -0.05) is 24.3 Å². The molecule has 0 aliphatic carbocycles. The molecule has 0 aliphatic rings. The molecule has 1 aromatic carbocycles. The van der Waals surface area contributed by atoms with Crippen LogP contribution in [0.3, 0.4) is 0 Å². The standard InChI is InChI=1S/C12H11N3/c1-15(2)12-11(7-13)10-6-4-3-5-9(10)8-14-12/h3-6,8H,1-2H3. The molecule has 3 heteroatoms. The number of aromatic nitrogens is 1. The van der Waals surface area contributed by atoms with Gasteiger partial charge in [0.15, 0.2) is 0 Å². The minimum Gasteiger partial charge on any atom is -0.362 e. The molecule has 0 unspecified atom stereocenters. The SMILES string of the molecule is CN(C)c1ncc2ccccc2c1C#N. The Morgan fingerprint density at radius 2 is 2.00 bits per heavy atom. The Morgan fingerprint density at radius 3 is 2.67 bits per heavy atom. The number of hydrogen-bond acceptors (Lipinski definition) is 3. The first kappa shape index (κ1) is 9.47. The molecule has 0 saturated heterocycles. The molecule has 0 bridgehead atoms. The Labute approximate surface area is 88.6 Å². The third-order valence-electron chi connectivity index (χ3n) is 2.32. The van der Waals surface area contributed by atoms with Crippen LogP contribution in [0.5, 0.6) is 0 Å². The lowest BCUT2D eigenvalue weighted by Gasteiger charge is -2.13. The van der Waals surface area contributed by atoms with E-state index in [1.807, 2.05) is 43.3 Å². The van der Waals surface area contributed by atoms with Gasteiger partial charge in [0.1, 0.15) is 17.5 Å². The van der Waals surface area contributed by atoms with Crippen molar-refractivity contribution in [2.24, 2.45) is 0 Å². The number of benzene rings is 1. The summed E-state index contributed by atoms with van der Waals surface area (Å²) in [7, 11) is 3.77. The van der Waals surface area contributed by atoms with Gasteiger partial charge < -0.3 is 4.90 Å². The van der Waals surface area contributed by atoms with Gasteiger partial charge in [-0.2, -0.15) is 5.26 Å². The van der Waals surface area contributed by atoms with Gasteiger partial charge in [-0.05, 0) is 0 Å². The van der Waals surface area contributed by atoms with Gasteiger partial charge in [0.05, 0.1) is 0 Å². The quantitative estimate of drug-likeness (QED) is 0.703. The van der Waals surface area contributed by atoms with E-state index in [2.05, 4.69) is 11.1 Å². The Hall–Kier alpha value is -2.08. The monoisotopic (exact) mass is 197 g/mol. The van der Waals surface area contributed by atoms with Crippen LogP contribution in [0.4, 0.5) is 5.82 Å². The van der Waals surface area contributed by atoms with E-state index in [4.69, 9.17) is 5.26 Å². The zero-order valence-corrected chi connectivity index (χ0v) is 8.73. The van der Waals surface area contributed by atoms with Crippen molar-refractivity contribution in [2.45, 2.75) is 0 Å². The second-order valence-corrected chi connectivity index (χ2v) is 3.55. The van der Waals surface area contributed by atoms with E-state index in [-0.39, 0.29) is 0 Å². The second-order valence-electron chi connectivity index (χ2n) is 3.55. The van der Waals surface area contributed by atoms with Crippen LogP contribution in [0, 0.1) is 11.3 Å². The molecule has 0 fully saturated rings. The van der Waals surface area contributed by atoms with Gasteiger partial charge in [-0.15, -0.1) is 0 Å². The Balaban J connectivity index is 2.83. The molecule has 74 valence electrons. The number of anilines is 1. The lowest BCUT2D eigenvalue weighted by atomic mass is 10.1. The molecule has 0 atom stereocenters. The van der Waals surface area contributed by atoms with Crippen molar-refractivity contribution in [1.29, 1.82) is 5.26 Å². The summed E-state index contributed by atoms with van der Waals surface area (Å²) in [5, 5.41) is 11.1. The first-order valence-corrected chi connectivity index (χ1v) is 4.69. The molecule has 0 radical (unpaired) electrons. The molecule has 0 saturated carbocycles. The Bertz CT molecular complexity index is 538. The van der Waals surface area contributed by atoms with E-state index in [9.17, 15) is 0 Å². The molecule has 3 nitrogen and oxygen atoms in total. The third-order valence-corrected chi connectivity index (χ3v) is 2.32. The van der Waals surface area contributed by atoms with E-state index in [1.54, 1.807) is 6.20 Å². The van der Waals surface area contributed by atoms with Crippen LogP contribution in [-0.4, -0.2) is 19.1 Å². The Kier molecular flexibility index (Phi) is 2.26. The maximum atomic E-state index is 9.15. The highest BCUT2D eigenvalue weighted by Gasteiger charge is 2.09. The second kappa shape index (κ2) is 3.58. The summed E-state index contributed by atoms with van der Waals surface area (Å²) in [4.78, 5) is 6.13. The zero-order valence-electron chi connectivity index (χ0n) is 8.73. The van der Waals surface area contributed by atoms with Crippen LogP contribution in [0.2, 0.25) is 0 Å². The molecule has 0 spiro atoms. The number of nitriles is 1. The summed E-state index contributed by atoms with van der Waals surface area (Å²) in [6.07, 6.45) is 1.80. The third kappa shape index (κ3) is 1.50. The van der Waals surface area contributed by atoms with E-state index in [1.165, 1.54) is 0 Å². The number of hydrogen-bond donors (Lipinski definition) is 0. The fraction of sp³-hybridized carbons (Fsp3) is 0.167. The fourth-order valence-corrected chi connectivity index (χ4v) is 1.60. The lowest BCUT2D eigenvalue weighted by molar-refractivity contribution is 1.07. The molecule has 0 N–H and O–H groups in total. The molecule has 0 amide bonds. The summed E-state index contributed by atoms with van der Waals surface area (Å²) in [5.41, 5.74) is 0.637. The maximum absolute atomic E-state index is 9.15. The summed E-state index contributed by atoms with van der Waals surface area (Å²) in [5.74, 6) is 0.719. The summed E-state index contributed by atoms with van der Waals surface area (Å²) in [6, 6.07) is 10.0. The topological polar surface area (TPSA) is 39.9 Å². The average Bonchev–Trinajstić information content (AvgIpc) is 2.27. The van der Waals surface area contributed by atoms with Crippen LogP contribution >= 0.6 is 0 Å². The molecule has 15 heavy (non-hydrogen) atoms. The summed E-state index contributed by atoms with van der Waals surface area (Å²) >= 11 is 0. The minimum absolute atomic E-state index is 0.637. The van der Waals surface area contributed by atoms with Crippen molar-refractivity contribution in [3.05, 3.63) is 36.0 Å². The van der Waals surface area contributed by atoms with Crippen LogP contribution in [0.1, 0.15) is 5.56 Å². The molecule has 0 aliphatic heterocycles. The smallest absolute Gasteiger partial charge is 0.146 e. The zero-order chi connectivity index (χ0) is 10.8. The largest absolute Gasteiger partial charge is 0.362 e. The molecule has 1 heterocycles. The van der Waals surface area contributed by atoms with Gasteiger partial charge in [0, 0.05) is 31.1 Å². The summed E-state index contributed by atoms with van der Waals surface area (Å²) < 4.78 is 0. The fourth-order valence-electron chi connectivity index (χ4n) is 1.60. The highest BCUT2D eigenvalue weighted by atomic mass is 15.1. The number of pyridine rings is 1. The highest BCUT2D eigenvalue weighted by molar-refractivity contribution is 5.90. The van der Waals surface area contributed by atoms with Crippen LogP contribution in [0.25, 0.3) is 10.8 Å². The van der Waals surface area contributed by atoms with Crippen molar-refractivity contribution < 1.29 is 0 Å². The van der Waals surface area contributed by atoms with E-state index in [0.717, 1.165) is 16.6 Å². The van der Waals surface area contributed by atoms with Crippen molar-refractivity contribution in [1.82, 2.24) is 4.98 Å². The van der Waals surface area contributed by atoms with Crippen LogP contribution < -0.4 is 4.90 Å². The Morgan fingerprint density at radius 1 is 1.27 bits per heavy atom. The van der Waals surface area contributed by atoms with Gasteiger partial charge in [0.2, 0.25) is 0 Å². The van der Waals surface area contributed by atoms with Gasteiger partial charge in [-0.3, -0.25) is 0 Å². The van der Waals surface area contributed by atoms with Gasteiger partial charge in [0.25, 0.3) is 0 Å². The van der Waals surface area contributed by atoms with Gasteiger partial charge >= 0.3 is 0 Å². The van der Waals surface area contributed by atoms with E-state index in [0.29, 0.717) is 5.56 Å². The maximum Gasteiger partial charge on any atom is 0.146 e. The predicted octanol–water partition coefficient (Wildman–Crippen LogP) is 2.17. The van der Waals surface area contributed by atoms with Crippen LogP contribution in [0.15, 0.2) is 30.5 Å². The molecule has 2 aromatic rings. The van der Waals surface area contributed by atoms with Crippen molar-refractivity contribution in [2.75, 3.05) is 19.0 Å². The first-order chi connectivity index (χ1) is 7.24. The first-order valence-electron chi connectivity index (χ1n) is 4.69. The summed E-state index contributed by atoms with van der Waals surface area (Å²) in [6.45, 7) is 0. The number of nitrogens with zero attached hydrogens (tertiary/aromatic N) is 3. The highest BCUT2D eigenvalue weighted by Crippen LogP contribution is 2.24.